The normalized spacial score (nSPS) is 24.6. The van der Waals surface area contributed by atoms with E-state index in [4.69, 9.17) is 4.99 Å². The Labute approximate surface area is 86.8 Å². The van der Waals surface area contributed by atoms with Gasteiger partial charge in [0.25, 0.3) is 0 Å². The first-order chi connectivity index (χ1) is 6.77. The second-order valence-corrected chi connectivity index (χ2v) is 4.56. The van der Waals surface area contributed by atoms with E-state index in [1.165, 1.54) is 38.1 Å². The molecule has 0 radical (unpaired) electrons. The van der Waals surface area contributed by atoms with E-state index in [0.717, 1.165) is 13.1 Å². The van der Waals surface area contributed by atoms with Crippen LogP contribution in [-0.2, 0) is 0 Å². The van der Waals surface area contributed by atoms with E-state index in [2.05, 4.69) is 23.9 Å². The zero-order valence-electron chi connectivity index (χ0n) is 9.37. The highest BCUT2D eigenvalue weighted by Gasteiger charge is 2.22. The van der Waals surface area contributed by atoms with Crippen LogP contribution in [0.5, 0.6) is 0 Å². The monoisotopic (exact) mass is 195 g/mol. The van der Waals surface area contributed by atoms with Crippen LogP contribution in [-0.4, -0.2) is 49.0 Å². The molecule has 0 aromatic heterocycles. The van der Waals surface area contributed by atoms with Gasteiger partial charge < -0.3 is 9.80 Å². The first-order valence-electron chi connectivity index (χ1n) is 5.77. The summed E-state index contributed by atoms with van der Waals surface area (Å²) < 4.78 is 0. The van der Waals surface area contributed by atoms with Crippen LogP contribution in [0.4, 0.5) is 0 Å². The number of rotatable bonds is 1. The van der Waals surface area contributed by atoms with Crippen LogP contribution in [0.15, 0.2) is 4.99 Å². The van der Waals surface area contributed by atoms with Crippen LogP contribution < -0.4 is 0 Å². The molecule has 0 aromatic carbocycles. The predicted octanol–water partition coefficient (Wildman–Crippen LogP) is 1.55. The van der Waals surface area contributed by atoms with E-state index in [1.807, 2.05) is 0 Å². The standard InChI is InChI=1S/C11H21N3/c1-13-8-9-14(2)11(13)12-10-6-4-3-5-7-10/h10H,3-9H2,1-2H3. The topological polar surface area (TPSA) is 18.8 Å². The lowest BCUT2D eigenvalue weighted by molar-refractivity contribution is 0.431. The Morgan fingerprint density at radius 3 is 2.14 bits per heavy atom. The molecule has 80 valence electrons. The third-order valence-corrected chi connectivity index (χ3v) is 3.33. The summed E-state index contributed by atoms with van der Waals surface area (Å²) in [5, 5.41) is 0. The van der Waals surface area contributed by atoms with Gasteiger partial charge in [-0.25, -0.2) is 4.99 Å². The van der Waals surface area contributed by atoms with Gasteiger partial charge in [-0.15, -0.1) is 0 Å². The molecule has 2 fully saturated rings. The fourth-order valence-electron chi connectivity index (χ4n) is 2.36. The van der Waals surface area contributed by atoms with Crippen molar-refractivity contribution < 1.29 is 0 Å². The van der Waals surface area contributed by atoms with Crippen molar-refractivity contribution in [3.05, 3.63) is 0 Å². The Morgan fingerprint density at radius 2 is 1.57 bits per heavy atom. The highest BCUT2D eigenvalue weighted by atomic mass is 15.4. The summed E-state index contributed by atoms with van der Waals surface area (Å²) in [6.07, 6.45) is 6.74. The van der Waals surface area contributed by atoms with Gasteiger partial charge in [0, 0.05) is 27.2 Å². The minimum atomic E-state index is 0.599. The Hall–Kier alpha value is -0.730. The maximum Gasteiger partial charge on any atom is 0.196 e. The molecule has 0 spiro atoms. The van der Waals surface area contributed by atoms with Gasteiger partial charge >= 0.3 is 0 Å². The molecule has 0 amide bonds. The molecule has 0 unspecified atom stereocenters. The lowest BCUT2D eigenvalue weighted by atomic mass is 9.96. The van der Waals surface area contributed by atoms with Crippen molar-refractivity contribution in [1.82, 2.24) is 9.80 Å². The van der Waals surface area contributed by atoms with Crippen LogP contribution in [0.2, 0.25) is 0 Å². The first-order valence-corrected chi connectivity index (χ1v) is 5.77. The molecular formula is C11H21N3. The summed E-state index contributed by atoms with van der Waals surface area (Å²) in [6, 6.07) is 0.599. The molecule has 2 rings (SSSR count). The van der Waals surface area contributed by atoms with E-state index in [1.54, 1.807) is 0 Å². The van der Waals surface area contributed by atoms with E-state index >= 15 is 0 Å². The lowest BCUT2D eigenvalue weighted by Crippen LogP contribution is -2.30. The summed E-state index contributed by atoms with van der Waals surface area (Å²) >= 11 is 0. The van der Waals surface area contributed by atoms with Crippen LogP contribution in [0.3, 0.4) is 0 Å². The number of hydrogen-bond acceptors (Lipinski definition) is 1. The van der Waals surface area contributed by atoms with Gasteiger partial charge in [-0.1, -0.05) is 19.3 Å². The molecule has 3 nitrogen and oxygen atoms in total. The van der Waals surface area contributed by atoms with Gasteiger partial charge in [-0.05, 0) is 12.8 Å². The Balaban J connectivity index is 2.00. The van der Waals surface area contributed by atoms with Crippen LogP contribution in [0.25, 0.3) is 0 Å². The second-order valence-electron chi connectivity index (χ2n) is 4.56. The number of likely N-dealkylation sites (N-methyl/N-ethyl adjacent to an activating group) is 2. The molecule has 0 atom stereocenters. The minimum Gasteiger partial charge on any atom is -0.344 e. The fourth-order valence-corrected chi connectivity index (χ4v) is 2.36. The number of hydrogen-bond donors (Lipinski definition) is 0. The summed E-state index contributed by atoms with van der Waals surface area (Å²) in [5.41, 5.74) is 0. The van der Waals surface area contributed by atoms with Crippen molar-refractivity contribution in [2.75, 3.05) is 27.2 Å². The molecular weight excluding hydrogens is 174 g/mol. The Morgan fingerprint density at radius 1 is 1.00 bits per heavy atom. The minimum absolute atomic E-state index is 0.599. The maximum absolute atomic E-state index is 4.87. The molecule has 1 heterocycles. The maximum atomic E-state index is 4.87. The van der Waals surface area contributed by atoms with E-state index < -0.39 is 0 Å². The average molecular weight is 195 g/mol. The smallest absolute Gasteiger partial charge is 0.196 e. The second kappa shape index (κ2) is 4.20. The average Bonchev–Trinajstić information content (AvgIpc) is 2.51. The molecule has 0 bridgehead atoms. The van der Waals surface area contributed by atoms with Crippen molar-refractivity contribution in [2.24, 2.45) is 4.99 Å². The molecule has 14 heavy (non-hydrogen) atoms. The number of aliphatic imine (C=N–C) groups is 1. The molecule has 1 aliphatic carbocycles. The van der Waals surface area contributed by atoms with Crippen molar-refractivity contribution in [2.45, 2.75) is 38.1 Å². The molecule has 3 heteroatoms. The fraction of sp³-hybridized carbons (Fsp3) is 0.909. The van der Waals surface area contributed by atoms with Gasteiger partial charge in [0.15, 0.2) is 5.96 Å². The molecule has 0 N–H and O–H groups in total. The molecule has 1 saturated carbocycles. The van der Waals surface area contributed by atoms with Crippen LogP contribution in [0.1, 0.15) is 32.1 Å². The lowest BCUT2D eigenvalue weighted by Gasteiger charge is -2.22. The predicted molar refractivity (Wildman–Crippen MR) is 59.6 cm³/mol. The van der Waals surface area contributed by atoms with Crippen LogP contribution in [0, 0.1) is 0 Å². The van der Waals surface area contributed by atoms with Gasteiger partial charge in [0.1, 0.15) is 0 Å². The third kappa shape index (κ3) is 2.02. The third-order valence-electron chi connectivity index (χ3n) is 3.33. The number of nitrogens with zero attached hydrogens (tertiary/aromatic N) is 3. The SMILES string of the molecule is CN1CCN(C)C1=NC1CCCCC1. The van der Waals surface area contributed by atoms with E-state index in [-0.39, 0.29) is 0 Å². The Bertz CT molecular complexity index is 207. The quantitative estimate of drug-likeness (QED) is 0.632. The van der Waals surface area contributed by atoms with Gasteiger partial charge in [0.2, 0.25) is 0 Å². The summed E-state index contributed by atoms with van der Waals surface area (Å²) in [7, 11) is 4.29. The first kappa shape index (κ1) is 9.81. The van der Waals surface area contributed by atoms with E-state index in [9.17, 15) is 0 Å². The zero-order valence-corrected chi connectivity index (χ0v) is 9.37. The van der Waals surface area contributed by atoms with Crippen molar-refractivity contribution >= 4 is 5.96 Å². The summed E-state index contributed by atoms with van der Waals surface area (Å²) in [4.78, 5) is 9.41. The molecule has 0 aromatic rings. The molecule has 1 aliphatic heterocycles. The zero-order chi connectivity index (χ0) is 9.97. The largest absolute Gasteiger partial charge is 0.344 e. The summed E-state index contributed by atoms with van der Waals surface area (Å²) in [6.45, 7) is 2.25. The highest BCUT2D eigenvalue weighted by Crippen LogP contribution is 2.21. The van der Waals surface area contributed by atoms with Gasteiger partial charge in [-0.2, -0.15) is 0 Å². The van der Waals surface area contributed by atoms with Crippen molar-refractivity contribution in [3.63, 3.8) is 0 Å². The van der Waals surface area contributed by atoms with Crippen LogP contribution >= 0.6 is 0 Å². The van der Waals surface area contributed by atoms with Crippen molar-refractivity contribution in [1.29, 1.82) is 0 Å². The van der Waals surface area contributed by atoms with E-state index in [0.29, 0.717) is 6.04 Å². The number of guanidine groups is 1. The van der Waals surface area contributed by atoms with Gasteiger partial charge in [0.05, 0.1) is 6.04 Å². The highest BCUT2D eigenvalue weighted by molar-refractivity contribution is 5.81. The van der Waals surface area contributed by atoms with Gasteiger partial charge in [-0.3, -0.25) is 0 Å². The summed E-state index contributed by atoms with van der Waals surface area (Å²) in [5.74, 6) is 1.21. The van der Waals surface area contributed by atoms with Crippen molar-refractivity contribution in [3.8, 4) is 0 Å². The molecule has 2 aliphatic rings. The molecule has 1 saturated heterocycles. The Kier molecular flexibility index (Phi) is 2.94.